The van der Waals surface area contributed by atoms with E-state index in [0.717, 1.165) is 10.0 Å². The molecule has 5 rings (SSSR count). The maximum Gasteiger partial charge on any atom is 0.337 e. The van der Waals surface area contributed by atoms with E-state index in [-0.39, 0.29) is 17.7 Å². The number of halogens is 3. The molecule has 228 valence electrons. The monoisotopic (exact) mass is 760 g/mol. The summed E-state index contributed by atoms with van der Waals surface area (Å²) < 4.78 is 26.2. The Morgan fingerprint density at radius 1 is 1.05 bits per heavy atom. The van der Waals surface area contributed by atoms with E-state index in [9.17, 15) is 9.59 Å². The van der Waals surface area contributed by atoms with E-state index in [0.29, 0.717) is 60.4 Å². The van der Waals surface area contributed by atoms with Gasteiger partial charge in [-0.05, 0) is 71.7 Å². The van der Waals surface area contributed by atoms with Crippen LogP contribution in [0.4, 0.5) is 0 Å². The molecule has 0 aliphatic carbocycles. The molecule has 0 unspecified atom stereocenters. The van der Waals surface area contributed by atoms with Gasteiger partial charge < -0.3 is 18.9 Å². The molecule has 8 nitrogen and oxygen atoms in total. The molecule has 0 spiro atoms. The van der Waals surface area contributed by atoms with E-state index in [1.165, 1.54) is 29.2 Å². The molecule has 3 aromatic carbocycles. The average Bonchev–Trinajstić information content (AvgIpc) is 3.32. The van der Waals surface area contributed by atoms with Crippen molar-refractivity contribution in [1.82, 2.24) is 4.57 Å². The van der Waals surface area contributed by atoms with Crippen molar-refractivity contribution in [2.45, 2.75) is 26.5 Å². The molecular formula is C32H27Br2ClN2O6S. The number of carbonyl (C=O) groups is 1. The maximum atomic E-state index is 14.1. The summed E-state index contributed by atoms with van der Waals surface area (Å²) in [4.78, 5) is 31.9. The van der Waals surface area contributed by atoms with Gasteiger partial charge in [0.1, 0.15) is 12.4 Å². The molecule has 1 aromatic heterocycles. The van der Waals surface area contributed by atoms with Gasteiger partial charge in [-0.1, -0.05) is 63.1 Å². The van der Waals surface area contributed by atoms with Gasteiger partial charge in [-0.25, -0.2) is 9.79 Å². The number of esters is 1. The highest BCUT2D eigenvalue weighted by molar-refractivity contribution is 9.11. The summed E-state index contributed by atoms with van der Waals surface area (Å²) in [6.45, 7) is 4.85. The Kier molecular flexibility index (Phi) is 10.3. The minimum atomic E-state index is -0.805. The van der Waals surface area contributed by atoms with Crippen molar-refractivity contribution in [3.63, 3.8) is 0 Å². The number of aromatic nitrogens is 1. The van der Waals surface area contributed by atoms with Crippen molar-refractivity contribution in [2.75, 3.05) is 20.3 Å². The van der Waals surface area contributed by atoms with Crippen LogP contribution in [-0.4, -0.2) is 30.9 Å². The number of hydrogen-bond donors (Lipinski definition) is 0. The predicted molar refractivity (Wildman–Crippen MR) is 178 cm³/mol. The van der Waals surface area contributed by atoms with E-state index in [4.69, 9.17) is 30.5 Å². The molecule has 2 heterocycles. The van der Waals surface area contributed by atoms with E-state index >= 15 is 0 Å². The lowest BCUT2D eigenvalue weighted by Gasteiger charge is -2.23. The van der Waals surface area contributed by atoms with Crippen LogP contribution in [0.3, 0.4) is 0 Å². The van der Waals surface area contributed by atoms with Crippen molar-refractivity contribution < 1.29 is 23.7 Å². The molecule has 44 heavy (non-hydrogen) atoms. The Morgan fingerprint density at radius 3 is 2.52 bits per heavy atom. The third-order valence-corrected chi connectivity index (χ3v) is 9.07. The van der Waals surface area contributed by atoms with E-state index < -0.39 is 12.0 Å². The molecule has 0 saturated carbocycles. The normalized spacial score (nSPS) is 14.4. The second-order valence-corrected chi connectivity index (χ2v) is 12.6. The molecule has 0 radical (unpaired) electrons. The molecular weight excluding hydrogens is 736 g/mol. The lowest BCUT2D eigenvalue weighted by atomic mass is 9.97. The molecule has 0 amide bonds. The fourth-order valence-corrected chi connectivity index (χ4v) is 7.26. The largest absolute Gasteiger partial charge is 0.490 e. The standard InChI is InChI=1S/C32H27Br2ClN2O6S/c1-4-41-25-11-10-18(13-26(25)42-5-2)28-22(31(39)40-3)16-36-32-37(28)30(38)27(44-32)14-20-12-21(33)15-23(34)29(20)43-17-19-8-6-7-9-24(19)35/h6-16,28H,4-5,17H2,1-3H3/b27-14+/t28-/m0/s1. The minimum absolute atomic E-state index is 0.215. The van der Waals surface area contributed by atoms with Gasteiger partial charge in [-0.3, -0.25) is 9.36 Å². The van der Waals surface area contributed by atoms with Gasteiger partial charge in [-0.2, -0.15) is 0 Å². The lowest BCUT2D eigenvalue weighted by Crippen LogP contribution is -2.39. The highest BCUT2D eigenvalue weighted by Gasteiger charge is 2.31. The topological polar surface area (TPSA) is 88.4 Å². The van der Waals surface area contributed by atoms with Crippen LogP contribution in [0.15, 0.2) is 85.1 Å². The van der Waals surface area contributed by atoms with Crippen LogP contribution >= 0.6 is 54.8 Å². The van der Waals surface area contributed by atoms with E-state index in [1.807, 2.05) is 50.2 Å². The molecule has 1 atom stereocenters. The first-order valence-corrected chi connectivity index (χ1v) is 16.4. The van der Waals surface area contributed by atoms with Crippen molar-refractivity contribution >= 4 is 66.8 Å². The number of hydrogen-bond acceptors (Lipinski definition) is 8. The van der Waals surface area contributed by atoms with Crippen molar-refractivity contribution in [2.24, 2.45) is 4.99 Å². The predicted octanol–water partition coefficient (Wildman–Crippen LogP) is 6.57. The Balaban J connectivity index is 1.63. The van der Waals surface area contributed by atoms with Gasteiger partial charge in [0, 0.05) is 26.8 Å². The maximum absolute atomic E-state index is 14.1. The lowest BCUT2D eigenvalue weighted by molar-refractivity contribution is -0.136. The Hall–Kier alpha value is -3.38. The smallest absolute Gasteiger partial charge is 0.337 e. The number of ether oxygens (including phenoxy) is 4. The zero-order valence-corrected chi connectivity index (χ0v) is 28.7. The number of methoxy groups -OCH3 is 1. The summed E-state index contributed by atoms with van der Waals surface area (Å²) in [5.41, 5.74) is 2.02. The molecule has 4 aromatic rings. The first-order valence-electron chi connectivity index (χ1n) is 13.6. The number of thiazole rings is 1. The summed E-state index contributed by atoms with van der Waals surface area (Å²) >= 11 is 14.7. The van der Waals surface area contributed by atoms with Gasteiger partial charge in [0.25, 0.3) is 5.56 Å². The Morgan fingerprint density at radius 2 is 1.80 bits per heavy atom. The number of carbonyl (C=O) groups excluding carboxylic acids is 1. The summed E-state index contributed by atoms with van der Waals surface area (Å²) in [5.74, 6) is 1.03. The van der Waals surface area contributed by atoms with Crippen LogP contribution in [0.5, 0.6) is 17.2 Å². The van der Waals surface area contributed by atoms with Crippen LogP contribution in [0, 0.1) is 0 Å². The van der Waals surface area contributed by atoms with E-state index in [1.54, 1.807) is 24.3 Å². The second-order valence-electron chi connectivity index (χ2n) is 9.43. The zero-order valence-electron chi connectivity index (χ0n) is 23.9. The van der Waals surface area contributed by atoms with Crippen molar-refractivity contribution in [3.8, 4) is 17.2 Å². The molecule has 1 aliphatic heterocycles. The van der Waals surface area contributed by atoms with Gasteiger partial charge in [0.2, 0.25) is 0 Å². The molecule has 0 fully saturated rings. The van der Waals surface area contributed by atoms with Crippen molar-refractivity contribution in [1.29, 1.82) is 0 Å². The minimum Gasteiger partial charge on any atom is -0.490 e. The van der Waals surface area contributed by atoms with Crippen LogP contribution < -0.4 is 29.1 Å². The quantitative estimate of drug-likeness (QED) is 0.170. The molecule has 0 N–H and O–H groups in total. The molecule has 0 bridgehead atoms. The first kappa shape index (κ1) is 32.0. The molecule has 1 aliphatic rings. The van der Waals surface area contributed by atoms with Crippen LogP contribution in [0.25, 0.3) is 6.08 Å². The number of benzene rings is 3. The summed E-state index contributed by atoms with van der Waals surface area (Å²) in [6, 6.07) is 15.7. The Labute approximate surface area is 279 Å². The second kappa shape index (κ2) is 14.2. The molecule has 12 heteroatoms. The van der Waals surface area contributed by atoms with Gasteiger partial charge >= 0.3 is 5.97 Å². The first-order chi connectivity index (χ1) is 21.2. The third-order valence-electron chi connectivity index (χ3n) is 6.66. The summed E-state index contributed by atoms with van der Waals surface area (Å²) in [6.07, 6.45) is 3.21. The van der Waals surface area contributed by atoms with Crippen molar-refractivity contribution in [3.05, 3.63) is 117 Å². The fourth-order valence-electron chi connectivity index (χ4n) is 4.73. The zero-order chi connectivity index (χ0) is 31.4. The highest BCUT2D eigenvalue weighted by Crippen LogP contribution is 2.36. The van der Waals surface area contributed by atoms with Crippen LogP contribution in [0.1, 0.15) is 36.6 Å². The highest BCUT2D eigenvalue weighted by atomic mass is 79.9. The van der Waals surface area contributed by atoms with Gasteiger partial charge in [0.05, 0.1) is 40.9 Å². The number of rotatable bonds is 10. The van der Waals surface area contributed by atoms with Gasteiger partial charge in [0.15, 0.2) is 16.3 Å². The van der Waals surface area contributed by atoms with Crippen LogP contribution in [0.2, 0.25) is 5.02 Å². The third kappa shape index (κ3) is 6.66. The van der Waals surface area contributed by atoms with E-state index in [2.05, 4.69) is 36.9 Å². The Bertz CT molecular complexity index is 1940. The summed E-state index contributed by atoms with van der Waals surface area (Å²) in [7, 11) is 1.30. The number of nitrogens with zero attached hydrogens (tertiary/aromatic N) is 2. The van der Waals surface area contributed by atoms with Crippen LogP contribution in [-0.2, 0) is 16.1 Å². The van der Waals surface area contributed by atoms with Gasteiger partial charge in [-0.15, -0.1) is 0 Å². The summed E-state index contributed by atoms with van der Waals surface area (Å²) in [5, 5.41) is 0.596. The average molecular weight is 763 g/mol. The molecule has 0 saturated heterocycles. The SMILES string of the molecule is CCOc1ccc([C@H]2C(C(=O)OC)=CN=c3s/c(=C/c4cc(Br)cc(Br)c4OCc4ccccc4Cl)c(=O)n32)cc1OCC. The number of fused-ring (bicyclic) bond motifs is 1. The fraction of sp³-hybridized carbons (Fsp3) is 0.219.